The number of halogens is 2. The fraction of sp³-hybridized carbons (Fsp3) is 0.385. The lowest BCUT2D eigenvalue weighted by molar-refractivity contribution is -0.128. The summed E-state index contributed by atoms with van der Waals surface area (Å²) in [6, 6.07) is 14.6. The SMILES string of the molecule is CCc1nc(Cl)c2n1CCN([C@@H](C(=O)NC)c1ccccc1)C2CCc1ccc(C)c(F)c1. The molecule has 2 aromatic carbocycles. The van der Waals surface area contributed by atoms with E-state index in [4.69, 9.17) is 11.6 Å². The molecule has 3 aromatic rings. The number of carbonyl (C=O) groups is 1. The van der Waals surface area contributed by atoms with E-state index in [-0.39, 0.29) is 17.8 Å². The van der Waals surface area contributed by atoms with Crippen LogP contribution in [0.4, 0.5) is 4.39 Å². The van der Waals surface area contributed by atoms with Gasteiger partial charge in [-0.3, -0.25) is 9.69 Å². The lowest BCUT2D eigenvalue weighted by Gasteiger charge is -2.41. The first kappa shape index (κ1) is 23.5. The second-order valence-corrected chi connectivity index (χ2v) is 8.87. The molecule has 0 saturated heterocycles. The van der Waals surface area contributed by atoms with Gasteiger partial charge in [0.05, 0.1) is 11.7 Å². The minimum Gasteiger partial charge on any atom is -0.358 e. The Morgan fingerprint density at radius 3 is 2.67 bits per heavy atom. The number of carbonyl (C=O) groups excluding carboxylic acids is 1. The number of likely N-dealkylation sites (N-methyl/N-ethyl adjacent to an activating group) is 1. The van der Waals surface area contributed by atoms with Crippen LogP contribution in [-0.4, -0.2) is 34.0 Å². The second-order valence-electron chi connectivity index (χ2n) is 8.51. The summed E-state index contributed by atoms with van der Waals surface area (Å²) in [5, 5.41) is 3.32. The third kappa shape index (κ3) is 4.68. The number of aromatic nitrogens is 2. The first-order chi connectivity index (χ1) is 15.9. The van der Waals surface area contributed by atoms with E-state index in [0.717, 1.165) is 29.1 Å². The van der Waals surface area contributed by atoms with E-state index in [9.17, 15) is 9.18 Å². The van der Waals surface area contributed by atoms with Crippen molar-refractivity contribution in [2.45, 2.75) is 51.7 Å². The Morgan fingerprint density at radius 2 is 2.00 bits per heavy atom. The van der Waals surface area contributed by atoms with Crippen molar-refractivity contribution < 1.29 is 9.18 Å². The Kier molecular flexibility index (Phi) is 7.15. The molecule has 2 heterocycles. The van der Waals surface area contributed by atoms with Crippen LogP contribution in [0.3, 0.4) is 0 Å². The van der Waals surface area contributed by atoms with Crippen LogP contribution in [0.5, 0.6) is 0 Å². The van der Waals surface area contributed by atoms with Crippen molar-refractivity contribution in [1.82, 2.24) is 19.8 Å². The molecule has 1 aliphatic heterocycles. The maximum absolute atomic E-state index is 14.2. The average Bonchev–Trinajstić information content (AvgIpc) is 3.16. The van der Waals surface area contributed by atoms with Crippen molar-refractivity contribution >= 4 is 17.5 Å². The minimum absolute atomic E-state index is 0.0626. The summed E-state index contributed by atoms with van der Waals surface area (Å²) in [5.41, 5.74) is 3.44. The third-order valence-corrected chi connectivity index (χ3v) is 6.82. The summed E-state index contributed by atoms with van der Waals surface area (Å²) in [4.78, 5) is 20.0. The molecule has 1 unspecified atom stereocenters. The Labute approximate surface area is 199 Å². The van der Waals surface area contributed by atoms with E-state index in [1.54, 1.807) is 20.0 Å². The summed E-state index contributed by atoms with van der Waals surface area (Å²) in [6.07, 6.45) is 2.14. The van der Waals surface area contributed by atoms with Gasteiger partial charge in [-0.05, 0) is 42.5 Å². The van der Waals surface area contributed by atoms with E-state index >= 15 is 0 Å². The molecule has 174 valence electrons. The summed E-state index contributed by atoms with van der Waals surface area (Å²) in [5.74, 6) is 0.696. The minimum atomic E-state index is -0.458. The summed E-state index contributed by atoms with van der Waals surface area (Å²) in [6.45, 7) is 5.24. The van der Waals surface area contributed by atoms with Crippen LogP contribution in [0.2, 0.25) is 5.15 Å². The quantitative estimate of drug-likeness (QED) is 0.529. The number of fused-ring (bicyclic) bond motifs is 1. The summed E-state index contributed by atoms with van der Waals surface area (Å²) >= 11 is 6.67. The molecule has 2 atom stereocenters. The molecule has 0 radical (unpaired) electrons. The molecule has 1 aromatic heterocycles. The van der Waals surface area contributed by atoms with Gasteiger partial charge in [0.1, 0.15) is 17.7 Å². The summed E-state index contributed by atoms with van der Waals surface area (Å²) < 4.78 is 16.4. The fourth-order valence-electron chi connectivity index (χ4n) is 4.82. The van der Waals surface area contributed by atoms with Gasteiger partial charge in [-0.25, -0.2) is 9.37 Å². The molecule has 7 heteroatoms. The third-order valence-electron chi connectivity index (χ3n) is 6.54. The zero-order chi connectivity index (χ0) is 23.5. The van der Waals surface area contributed by atoms with Crippen molar-refractivity contribution in [1.29, 1.82) is 0 Å². The highest BCUT2D eigenvalue weighted by Crippen LogP contribution is 2.40. The molecule has 0 saturated carbocycles. The van der Waals surface area contributed by atoms with Gasteiger partial charge < -0.3 is 9.88 Å². The number of benzene rings is 2. The van der Waals surface area contributed by atoms with Gasteiger partial charge in [-0.1, -0.05) is 61.0 Å². The number of nitrogens with zero attached hydrogens (tertiary/aromatic N) is 3. The highest BCUT2D eigenvalue weighted by Gasteiger charge is 2.39. The molecular weight excluding hydrogens is 439 g/mol. The smallest absolute Gasteiger partial charge is 0.241 e. The van der Waals surface area contributed by atoms with Crippen molar-refractivity contribution in [3.05, 3.63) is 87.7 Å². The molecule has 1 amide bonds. The second kappa shape index (κ2) is 10.1. The van der Waals surface area contributed by atoms with Gasteiger partial charge >= 0.3 is 0 Å². The van der Waals surface area contributed by atoms with E-state index in [2.05, 4.69) is 26.7 Å². The fourth-order valence-corrected chi connectivity index (χ4v) is 5.14. The van der Waals surface area contributed by atoms with Crippen LogP contribution in [-0.2, 0) is 24.2 Å². The van der Waals surface area contributed by atoms with Crippen LogP contribution in [0.25, 0.3) is 0 Å². The zero-order valence-electron chi connectivity index (χ0n) is 19.3. The van der Waals surface area contributed by atoms with Crippen LogP contribution in [0.1, 0.15) is 53.6 Å². The van der Waals surface area contributed by atoms with Gasteiger partial charge in [0.15, 0.2) is 5.15 Å². The lowest BCUT2D eigenvalue weighted by Crippen LogP contribution is -2.46. The first-order valence-electron chi connectivity index (χ1n) is 11.5. The Hall–Kier alpha value is -2.70. The molecule has 0 spiro atoms. The number of hydrogen-bond acceptors (Lipinski definition) is 3. The maximum atomic E-state index is 14.2. The van der Waals surface area contributed by atoms with Crippen LogP contribution in [0.15, 0.2) is 48.5 Å². The molecule has 0 bridgehead atoms. The monoisotopic (exact) mass is 468 g/mol. The number of aryl methyl sites for hydroxylation is 3. The molecule has 33 heavy (non-hydrogen) atoms. The predicted molar refractivity (Wildman–Crippen MR) is 129 cm³/mol. The first-order valence-corrected chi connectivity index (χ1v) is 11.8. The Balaban J connectivity index is 1.74. The standard InChI is InChI=1S/C26H30ClFN4O/c1-4-22-30-25(27)24-21(13-12-18-11-10-17(2)20(28)16-18)31(14-15-32(22)24)23(26(33)29-3)19-8-6-5-7-9-19/h5-11,16,21,23H,4,12-15H2,1-3H3,(H,29,33)/t21?,23-/m1/s1. The molecule has 1 N–H and O–H groups in total. The van der Waals surface area contributed by atoms with Crippen molar-refractivity contribution in [2.75, 3.05) is 13.6 Å². The van der Waals surface area contributed by atoms with E-state index in [0.29, 0.717) is 36.6 Å². The zero-order valence-corrected chi connectivity index (χ0v) is 20.1. The van der Waals surface area contributed by atoms with Gasteiger partial charge in [-0.15, -0.1) is 0 Å². The lowest BCUT2D eigenvalue weighted by atomic mass is 9.95. The van der Waals surface area contributed by atoms with Gasteiger partial charge in [0.2, 0.25) is 5.91 Å². The number of rotatable bonds is 7. The summed E-state index contributed by atoms with van der Waals surface area (Å²) in [7, 11) is 1.67. The molecule has 5 nitrogen and oxygen atoms in total. The predicted octanol–water partition coefficient (Wildman–Crippen LogP) is 5.02. The van der Waals surface area contributed by atoms with Gasteiger partial charge in [0.25, 0.3) is 0 Å². The molecule has 4 rings (SSSR count). The topological polar surface area (TPSA) is 50.2 Å². The van der Waals surface area contributed by atoms with E-state index in [1.807, 2.05) is 42.5 Å². The largest absolute Gasteiger partial charge is 0.358 e. The Bertz CT molecular complexity index is 1130. The number of imidazole rings is 1. The Morgan fingerprint density at radius 1 is 1.24 bits per heavy atom. The number of hydrogen-bond donors (Lipinski definition) is 1. The van der Waals surface area contributed by atoms with Crippen LogP contribution < -0.4 is 5.32 Å². The van der Waals surface area contributed by atoms with E-state index in [1.165, 1.54) is 0 Å². The molecule has 0 aliphatic carbocycles. The highest BCUT2D eigenvalue weighted by molar-refractivity contribution is 6.30. The van der Waals surface area contributed by atoms with Crippen molar-refractivity contribution in [2.24, 2.45) is 0 Å². The normalized spacial score (nSPS) is 16.9. The molecular formula is C26H30ClFN4O. The average molecular weight is 469 g/mol. The van der Waals surface area contributed by atoms with Crippen LogP contribution >= 0.6 is 11.6 Å². The highest BCUT2D eigenvalue weighted by atomic mass is 35.5. The number of nitrogens with one attached hydrogen (secondary N) is 1. The molecule has 1 aliphatic rings. The maximum Gasteiger partial charge on any atom is 0.241 e. The van der Waals surface area contributed by atoms with Crippen molar-refractivity contribution in [3.63, 3.8) is 0 Å². The van der Waals surface area contributed by atoms with Gasteiger partial charge in [0, 0.05) is 26.6 Å². The van der Waals surface area contributed by atoms with Crippen LogP contribution in [0, 0.1) is 12.7 Å². The van der Waals surface area contributed by atoms with Crippen molar-refractivity contribution in [3.8, 4) is 0 Å². The van der Waals surface area contributed by atoms with Gasteiger partial charge in [-0.2, -0.15) is 0 Å². The van der Waals surface area contributed by atoms with E-state index < -0.39 is 6.04 Å². The molecule has 0 fully saturated rings. The number of amides is 1.